The van der Waals surface area contributed by atoms with Gasteiger partial charge >= 0.3 is 0 Å². The first-order valence-corrected chi connectivity index (χ1v) is 7.40. The van der Waals surface area contributed by atoms with Crippen LogP contribution in [0.1, 0.15) is 56.0 Å². The molecule has 0 spiro atoms. The van der Waals surface area contributed by atoms with Crippen LogP contribution < -0.4 is 5.32 Å². The van der Waals surface area contributed by atoms with Gasteiger partial charge in [0.25, 0.3) is 0 Å². The van der Waals surface area contributed by atoms with E-state index in [1.807, 2.05) is 11.3 Å². The topological polar surface area (TPSA) is 37.8 Å². The van der Waals surface area contributed by atoms with Crippen molar-refractivity contribution in [3.05, 3.63) is 10.0 Å². The van der Waals surface area contributed by atoms with Gasteiger partial charge in [-0.15, -0.1) is 10.2 Å². The molecule has 2 aliphatic rings. The maximum atomic E-state index is 4.38. The molecule has 2 atom stereocenters. The molecule has 2 unspecified atom stereocenters. The van der Waals surface area contributed by atoms with Gasteiger partial charge in [0.05, 0.1) is 6.54 Å². The van der Waals surface area contributed by atoms with E-state index >= 15 is 0 Å². The van der Waals surface area contributed by atoms with Crippen molar-refractivity contribution in [2.45, 2.75) is 58.0 Å². The molecule has 0 aromatic carbocycles. The van der Waals surface area contributed by atoms with Crippen LogP contribution in [0.2, 0.25) is 0 Å². The fraction of sp³-hybridized carbons (Fsp3) is 0.846. The SMILES string of the molecule is CC(C)(C)NCc1nnc(C2CC3CC3C2)s1. The van der Waals surface area contributed by atoms with Crippen LogP contribution in [0.25, 0.3) is 0 Å². The van der Waals surface area contributed by atoms with E-state index in [1.54, 1.807) is 0 Å². The molecule has 0 amide bonds. The van der Waals surface area contributed by atoms with Gasteiger partial charge in [-0.05, 0) is 51.9 Å². The lowest BCUT2D eigenvalue weighted by atomic mass is 10.1. The Hall–Kier alpha value is -0.480. The third-order valence-electron chi connectivity index (χ3n) is 3.85. The van der Waals surface area contributed by atoms with Crippen molar-refractivity contribution in [1.29, 1.82) is 0 Å². The van der Waals surface area contributed by atoms with Gasteiger partial charge < -0.3 is 5.32 Å². The Bertz CT molecular complexity index is 397. The predicted octanol–water partition coefficient (Wildman–Crippen LogP) is 2.94. The van der Waals surface area contributed by atoms with Gasteiger partial charge in [-0.25, -0.2) is 0 Å². The van der Waals surface area contributed by atoms with Gasteiger partial charge in [0.2, 0.25) is 0 Å². The molecule has 17 heavy (non-hydrogen) atoms. The molecule has 1 N–H and O–H groups in total. The van der Waals surface area contributed by atoms with Crippen molar-refractivity contribution in [2.24, 2.45) is 11.8 Å². The molecular weight excluding hydrogens is 230 g/mol. The quantitative estimate of drug-likeness (QED) is 0.897. The molecule has 1 heterocycles. The van der Waals surface area contributed by atoms with Crippen molar-refractivity contribution in [3.8, 4) is 0 Å². The Morgan fingerprint density at radius 3 is 2.53 bits per heavy atom. The highest BCUT2D eigenvalue weighted by Crippen LogP contribution is 2.57. The fourth-order valence-corrected chi connectivity index (χ4v) is 3.67. The zero-order valence-corrected chi connectivity index (χ0v) is 11.7. The van der Waals surface area contributed by atoms with E-state index in [-0.39, 0.29) is 5.54 Å². The summed E-state index contributed by atoms with van der Waals surface area (Å²) < 4.78 is 0. The largest absolute Gasteiger partial charge is 0.306 e. The predicted molar refractivity (Wildman–Crippen MR) is 70.1 cm³/mol. The number of aromatic nitrogens is 2. The Balaban J connectivity index is 1.58. The minimum atomic E-state index is 0.154. The molecule has 2 aliphatic carbocycles. The van der Waals surface area contributed by atoms with Crippen LogP contribution in [-0.2, 0) is 6.54 Å². The van der Waals surface area contributed by atoms with Crippen LogP contribution in [0.15, 0.2) is 0 Å². The standard InChI is InChI=1S/C13H21N3S/c1-13(2,3)14-7-11-15-16-12(17-11)10-5-8-4-9(8)6-10/h8-10,14H,4-7H2,1-3H3. The van der Waals surface area contributed by atoms with Gasteiger partial charge in [0.15, 0.2) is 0 Å². The maximum Gasteiger partial charge on any atom is 0.131 e. The zero-order valence-electron chi connectivity index (χ0n) is 10.9. The summed E-state index contributed by atoms with van der Waals surface area (Å²) in [5, 5.41) is 14.6. The smallest absolute Gasteiger partial charge is 0.131 e. The molecular formula is C13H21N3S. The molecule has 94 valence electrons. The zero-order chi connectivity index (χ0) is 12.0. The van der Waals surface area contributed by atoms with E-state index in [1.165, 1.54) is 24.3 Å². The molecule has 3 rings (SSSR count). The van der Waals surface area contributed by atoms with Crippen LogP contribution in [0.3, 0.4) is 0 Å². The average molecular weight is 251 g/mol. The van der Waals surface area contributed by atoms with Crippen molar-refractivity contribution >= 4 is 11.3 Å². The van der Waals surface area contributed by atoms with Crippen LogP contribution >= 0.6 is 11.3 Å². The van der Waals surface area contributed by atoms with Gasteiger partial charge in [0, 0.05) is 11.5 Å². The molecule has 4 heteroatoms. The van der Waals surface area contributed by atoms with Gasteiger partial charge in [-0.3, -0.25) is 0 Å². The molecule has 2 fully saturated rings. The number of hydrogen-bond donors (Lipinski definition) is 1. The summed E-state index contributed by atoms with van der Waals surface area (Å²) in [4.78, 5) is 0. The van der Waals surface area contributed by atoms with Gasteiger partial charge in [-0.2, -0.15) is 0 Å². The minimum absolute atomic E-state index is 0.154. The third kappa shape index (κ3) is 2.68. The first-order valence-electron chi connectivity index (χ1n) is 6.58. The highest BCUT2D eigenvalue weighted by Gasteiger charge is 2.47. The first kappa shape index (κ1) is 11.6. The van der Waals surface area contributed by atoms with E-state index in [4.69, 9.17) is 0 Å². The van der Waals surface area contributed by atoms with Crippen molar-refractivity contribution in [3.63, 3.8) is 0 Å². The summed E-state index contributed by atoms with van der Waals surface area (Å²) in [5.74, 6) is 2.78. The second kappa shape index (κ2) is 4.02. The summed E-state index contributed by atoms with van der Waals surface area (Å²) in [6.45, 7) is 7.39. The Kier molecular flexibility index (Phi) is 2.75. The highest BCUT2D eigenvalue weighted by molar-refractivity contribution is 7.11. The monoisotopic (exact) mass is 251 g/mol. The first-order chi connectivity index (χ1) is 8.01. The van der Waals surface area contributed by atoms with E-state index in [0.29, 0.717) is 0 Å². The normalized spacial score (nSPS) is 31.6. The lowest BCUT2D eigenvalue weighted by Crippen LogP contribution is -2.35. The van der Waals surface area contributed by atoms with E-state index in [0.717, 1.165) is 29.3 Å². The Labute approximate surface area is 107 Å². The van der Waals surface area contributed by atoms with Crippen LogP contribution in [0.5, 0.6) is 0 Å². The summed E-state index contributed by atoms with van der Waals surface area (Å²) in [7, 11) is 0. The van der Waals surface area contributed by atoms with Gasteiger partial charge in [0.1, 0.15) is 10.0 Å². The molecule has 0 bridgehead atoms. The van der Waals surface area contributed by atoms with Crippen molar-refractivity contribution < 1.29 is 0 Å². The lowest BCUT2D eigenvalue weighted by Gasteiger charge is -2.19. The number of nitrogens with zero attached hydrogens (tertiary/aromatic N) is 2. The molecule has 1 aromatic rings. The summed E-state index contributed by atoms with van der Waals surface area (Å²) >= 11 is 1.81. The molecule has 0 saturated heterocycles. The molecule has 1 aromatic heterocycles. The van der Waals surface area contributed by atoms with Crippen LogP contribution in [0, 0.1) is 11.8 Å². The van der Waals surface area contributed by atoms with Crippen molar-refractivity contribution in [2.75, 3.05) is 0 Å². The summed E-state index contributed by atoms with van der Waals surface area (Å²) in [6, 6.07) is 0. The summed E-state index contributed by atoms with van der Waals surface area (Å²) in [5.41, 5.74) is 0.154. The molecule has 3 nitrogen and oxygen atoms in total. The third-order valence-corrected chi connectivity index (χ3v) is 4.93. The van der Waals surface area contributed by atoms with Gasteiger partial charge in [-0.1, -0.05) is 11.3 Å². The number of nitrogens with one attached hydrogen (secondary N) is 1. The molecule has 0 radical (unpaired) electrons. The minimum Gasteiger partial charge on any atom is -0.306 e. The highest BCUT2D eigenvalue weighted by atomic mass is 32.1. The number of fused-ring (bicyclic) bond motifs is 1. The second-order valence-electron chi connectivity index (χ2n) is 6.56. The van der Waals surface area contributed by atoms with Crippen LogP contribution in [-0.4, -0.2) is 15.7 Å². The van der Waals surface area contributed by atoms with E-state index in [9.17, 15) is 0 Å². The van der Waals surface area contributed by atoms with Crippen molar-refractivity contribution in [1.82, 2.24) is 15.5 Å². The number of hydrogen-bond acceptors (Lipinski definition) is 4. The number of rotatable bonds is 3. The summed E-state index contributed by atoms with van der Waals surface area (Å²) in [6.07, 6.45) is 4.21. The maximum absolute atomic E-state index is 4.38. The Morgan fingerprint density at radius 2 is 1.88 bits per heavy atom. The van der Waals surface area contributed by atoms with E-state index < -0.39 is 0 Å². The Morgan fingerprint density at radius 1 is 1.18 bits per heavy atom. The average Bonchev–Trinajstić information content (AvgIpc) is 2.72. The molecule has 0 aliphatic heterocycles. The second-order valence-corrected chi connectivity index (χ2v) is 7.66. The lowest BCUT2D eigenvalue weighted by molar-refractivity contribution is 0.423. The fourth-order valence-electron chi connectivity index (χ4n) is 2.76. The molecule has 2 saturated carbocycles. The van der Waals surface area contributed by atoms with E-state index in [2.05, 4.69) is 36.3 Å². The van der Waals surface area contributed by atoms with Crippen LogP contribution in [0.4, 0.5) is 0 Å².